The Hall–Kier alpha value is -0.960. The van der Waals surface area contributed by atoms with E-state index in [0.29, 0.717) is 37.7 Å². The molecule has 0 amide bonds. The standard InChI is InChI=1S/C13H26N4O3S/c1-5-7-14-10-12-13(11(3)15-16-12)21(18,19)17(4)8-9-20-6-2/h14H,5-10H2,1-4H3,(H,15,16). The Kier molecular flexibility index (Phi) is 7.30. The number of likely N-dealkylation sites (N-methyl/N-ethyl adjacent to an activating group) is 1. The van der Waals surface area contributed by atoms with Gasteiger partial charge in [-0.25, -0.2) is 8.42 Å². The topological polar surface area (TPSA) is 87.3 Å². The van der Waals surface area contributed by atoms with Crippen LogP contribution in [0.15, 0.2) is 4.90 Å². The van der Waals surface area contributed by atoms with Gasteiger partial charge in [-0.15, -0.1) is 0 Å². The summed E-state index contributed by atoms with van der Waals surface area (Å²) < 4.78 is 31.8. The van der Waals surface area contributed by atoms with Gasteiger partial charge < -0.3 is 10.1 Å². The van der Waals surface area contributed by atoms with Crippen molar-refractivity contribution < 1.29 is 13.2 Å². The molecule has 1 aromatic heterocycles. The first kappa shape index (κ1) is 18.1. The fourth-order valence-electron chi connectivity index (χ4n) is 1.93. The molecule has 0 bridgehead atoms. The van der Waals surface area contributed by atoms with E-state index >= 15 is 0 Å². The van der Waals surface area contributed by atoms with Gasteiger partial charge in [0.2, 0.25) is 10.0 Å². The summed E-state index contributed by atoms with van der Waals surface area (Å²) in [7, 11) is -2.00. The third kappa shape index (κ3) is 4.77. The Balaban J connectivity index is 2.88. The van der Waals surface area contributed by atoms with Gasteiger partial charge in [0.1, 0.15) is 4.90 Å². The smallest absolute Gasteiger partial charge is 0.246 e. The second kappa shape index (κ2) is 8.47. The molecule has 0 unspecified atom stereocenters. The van der Waals surface area contributed by atoms with Gasteiger partial charge in [-0.2, -0.15) is 9.40 Å². The number of aromatic nitrogens is 2. The maximum Gasteiger partial charge on any atom is 0.246 e. The zero-order valence-corrected chi connectivity index (χ0v) is 14.1. The van der Waals surface area contributed by atoms with Gasteiger partial charge in [-0.3, -0.25) is 5.10 Å². The molecule has 1 rings (SSSR count). The number of aromatic amines is 1. The van der Waals surface area contributed by atoms with E-state index in [9.17, 15) is 8.42 Å². The first-order chi connectivity index (χ1) is 9.95. The molecule has 122 valence electrons. The molecule has 0 aliphatic heterocycles. The maximum atomic E-state index is 12.6. The van der Waals surface area contributed by atoms with Crippen molar-refractivity contribution in [2.75, 3.05) is 33.4 Å². The molecule has 8 heteroatoms. The summed E-state index contributed by atoms with van der Waals surface area (Å²) in [6.45, 7) is 8.20. The van der Waals surface area contributed by atoms with E-state index in [1.807, 2.05) is 6.92 Å². The van der Waals surface area contributed by atoms with E-state index in [4.69, 9.17) is 4.74 Å². The van der Waals surface area contributed by atoms with Crippen LogP contribution in [0, 0.1) is 6.92 Å². The first-order valence-electron chi connectivity index (χ1n) is 7.23. The van der Waals surface area contributed by atoms with Gasteiger partial charge in [0.05, 0.1) is 18.0 Å². The van der Waals surface area contributed by atoms with Crippen molar-refractivity contribution in [1.82, 2.24) is 19.8 Å². The summed E-state index contributed by atoms with van der Waals surface area (Å²) in [5.41, 5.74) is 1.09. The molecule has 21 heavy (non-hydrogen) atoms. The second-order valence-electron chi connectivity index (χ2n) is 4.82. The van der Waals surface area contributed by atoms with Crippen LogP contribution in [0.4, 0.5) is 0 Å². The molecular formula is C13H26N4O3S. The number of hydrogen-bond acceptors (Lipinski definition) is 5. The molecule has 0 fully saturated rings. The van der Waals surface area contributed by atoms with Crippen molar-refractivity contribution in [3.8, 4) is 0 Å². The molecule has 2 N–H and O–H groups in total. The molecular weight excluding hydrogens is 292 g/mol. The minimum absolute atomic E-state index is 0.269. The van der Waals surface area contributed by atoms with Crippen LogP contribution in [0.2, 0.25) is 0 Å². The third-order valence-corrected chi connectivity index (χ3v) is 5.16. The van der Waals surface area contributed by atoms with Crippen LogP contribution in [-0.4, -0.2) is 56.3 Å². The second-order valence-corrected chi connectivity index (χ2v) is 6.81. The lowest BCUT2D eigenvalue weighted by Crippen LogP contribution is -2.31. The van der Waals surface area contributed by atoms with Crippen molar-refractivity contribution in [3.63, 3.8) is 0 Å². The van der Waals surface area contributed by atoms with Gasteiger partial charge in [-0.05, 0) is 26.8 Å². The van der Waals surface area contributed by atoms with Gasteiger partial charge >= 0.3 is 0 Å². The molecule has 1 heterocycles. The monoisotopic (exact) mass is 318 g/mol. The molecule has 0 atom stereocenters. The fraction of sp³-hybridized carbons (Fsp3) is 0.769. The summed E-state index contributed by atoms with van der Waals surface area (Å²) in [5.74, 6) is 0. The zero-order valence-electron chi connectivity index (χ0n) is 13.3. The highest BCUT2D eigenvalue weighted by atomic mass is 32.2. The molecule has 0 spiro atoms. The lowest BCUT2D eigenvalue weighted by Gasteiger charge is -2.17. The number of nitrogens with one attached hydrogen (secondary N) is 2. The highest BCUT2D eigenvalue weighted by molar-refractivity contribution is 7.89. The Morgan fingerprint density at radius 3 is 2.71 bits per heavy atom. The number of sulfonamides is 1. The van der Waals surface area contributed by atoms with Crippen LogP contribution in [-0.2, 0) is 21.3 Å². The van der Waals surface area contributed by atoms with Crippen LogP contribution >= 0.6 is 0 Å². The quantitative estimate of drug-likeness (QED) is 0.625. The summed E-state index contributed by atoms with van der Waals surface area (Å²) in [4.78, 5) is 0.269. The largest absolute Gasteiger partial charge is 0.380 e. The molecule has 0 aliphatic carbocycles. The number of hydrogen-bond donors (Lipinski definition) is 2. The van der Waals surface area contributed by atoms with Crippen LogP contribution in [0.1, 0.15) is 31.7 Å². The lowest BCUT2D eigenvalue weighted by atomic mass is 10.3. The Labute approximate surface area is 127 Å². The maximum absolute atomic E-state index is 12.6. The number of nitrogens with zero attached hydrogens (tertiary/aromatic N) is 2. The number of ether oxygens (including phenoxy) is 1. The Bertz CT molecular complexity index is 528. The highest BCUT2D eigenvalue weighted by Gasteiger charge is 2.28. The SMILES string of the molecule is CCCNCc1n[nH]c(C)c1S(=O)(=O)N(C)CCOCC. The number of H-pyrrole nitrogens is 1. The highest BCUT2D eigenvalue weighted by Crippen LogP contribution is 2.21. The first-order valence-corrected chi connectivity index (χ1v) is 8.67. The average Bonchev–Trinajstić information content (AvgIpc) is 2.81. The van der Waals surface area contributed by atoms with Crippen molar-refractivity contribution in [2.24, 2.45) is 0 Å². The van der Waals surface area contributed by atoms with E-state index in [0.717, 1.165) is 13.0 Å². The van der Waals surface area contributed by atoms with E-state index in [2.05, 4.69) is 22.4 Å². The normalized spacial score (nSPS) is 12.2. The van der Waals surface area contributed by atoms with Crippen LogP contribution < -0.4 is 5.32 Å². The molecule has 0 radical (unpaired) electrons. The fourth-order valence-corrected chi connectivity index (χ4v) is 3.40. The lowest BCUT2D eigenvalue weighted by molar-refractivity contribution is 0.138. The van der Waals surface area contributed by atoms with E-state index in [1.54, 1.807) is 14.0 Å². The van der Waals surface area contributed by atoms with E-state index in [1.165, 1.54) is 4.31 Å². The Morgan fingerprint density at radius 1 is 1.38 bits per heavy atom. The van der Waals surface area contributed by atoms with Crippen molar-refractivity contribution in [3.05, 3.63) is 11.4 Å². The van der Waals surface area contributed by atoms with Gasteiger partial charge in [0.25, 0.3) is 0 Å². The summed E-state index contributed by atoms with van der Waals surface area (Å²) in [6, 6.07) is 0. The zero-order chi connectivity index (χ0) is 15.9. The van der Waals surface area contributed by atoms with Gasteiger partial charge in [0, 0.05) is 26.7 Å². The van der Waals surface area contributed by atoms with Crippen molar-refractivity contribution in [2.45, 2.75) is 38.6 Å². The van der Waals surface area contributed by atoms with Crippen molar-refractivity contribution in [1.29, 1.82) is 0 Å². The summed E-state index contributed by atoms with van der Waals surface area (Å²) >= 11 is 0. The van der Waals surface area contributed by atoms with Crippen LogP contribution in [0.25, 0.3) is 0 Å². The minimum Gasteiger partial charge on any atom is -0.380 e. The molecule has 0 saturated carbocycles. The van der Waals surface area contributed by atoms with E-state index < -0.39 is 10.0 Å². The molecule has 1 aromatic rings. The molecule has 7 nitrogen and oxygen atoms in total. The van der Waals surface area contributed by atoms with E-state index in [-0.39, 0.29) is 4.90 Å². The molecule has 0 aromatic carbocycles. The van der Waals surface area contributed by atoms with Crippen LogP contribution in [0.5, 0.6) is 0 Å². The van der Waals surface area contributed by atoms with Gasteiger partial charge in [0.15, 0.2) is 0 Å². The minimum atomic E-state index is -3.55. The summed E-state index contributed by atoms with van der Waals surface area (Å²) in [6.07, 6.45) is 0.986. The predicted molar refractivity (Wildman–Crippen MR) is 81.6 cm³/mol. The predicted octanol–water partition coefficient (Wildman–Crippen LogP) is 0.875. The van der Waals surface area contributed by atoms with Crippen LogP contribution in [0.3, 0.4) is 0 Å². The number of aryl methyl sites for hydroxylation is 1. The molecule has 0 aliphatic rings. The third-order valence-electron chi connectivity index (χ3n) is 3.10. The summed E-state index contributed by atoms with van der Waals surface area (Å²) in [5, 5.41) is 10.1. The average molecular weight is 318 g/mol. The molecule has 0 saturated heterocycles. The van der Waals surface area contributed by atoms with Crippen molar-refractivity contribution >= 4 is 10.0 Å². The Morgan fingerprint density at radius 2 is 2.10 bits per heavy atom. The van der Waals surface area contributed by atoms with Gasteiger partial charge in [-0.1, -0.05) is 6.92 Å². The number of rotatable bonds is 10.